The summed E-state index contributed by atoms with van der Waals surface area (Å²) in [6.07, 6.45) is -0.264. The first kappa shape index (κ1) is 22.5. The highest BCUT2D eigenvalue weighted by Crippen LogP contribution is 2.22. The van der Waals surface area contributed by atoms with Crippen molar-refractivity contribution >= 4 is 33.3 Å². The van der Waals surface area contributed by atoms with E-state index in [1.165, 1.54) is 5.39 Å². The smallest absolute Gasteiger partial charge is 0.261 e. The maximum absolute atomic E-state index is 12.8. The van der Waals surface area contributed by atoms with E-state index in [1.54, 1.807) is 24.3 Å². The molecule has 0 aliphatic heterocycles. The van der Waals surface area contributed by atoms with Crippen LogP contribution in [0.1, 0.15) is 22.8 Å². The molecule has 1 unspecified atom stereocenters. The van der Waals surface area contributed by atoms with Crippen molar-refractivity contribution < 1.29 is 14.6 Å². The van der Waals surface area contributed by atoms with Crippen molar-refractivity contribution in [1.82, 2.24) is 10.3 Å². The summed E-state index contributed by atoms with van der Waals surface area (Å²) in [7, 11) is 0. The number of aromatic nitrogens is 1. The van der Waals surface area contributed by atoms with E-state index in [0.717, 1.165) is 10.9 Å². The van der Waals surface area contributed by atoms with Gasteiger partial charge in [0.2, 0.25) is 0 Å². The number of benzene rings is 3. The molecule has 7 heteroatoms. The van der Waals surface area contributed by atoms with Crippen molar-refractivity contribution in [1.29, 1.82) is 0 Å². The summed E-state index contributed by atoms with van der Waals surface area (Å²) < 4.78 is 5.23. The number of amides is 1. The van der Waals surface area contributed by atoms with Crippen LogP contribution in [0.25, 0.3) is 21.7 Å². The lowest BCUT2D eigenvalue weighted by atomic mass is 10.1. The Morgan fingerprint density at radius 2 is 1.88 bits per heavy atom. The number of pyridine rings is 1. The fraction of sp³-hybridized carbons (Fsp3) is 0.231. The molecule has 1 amide bonds. The van der Waals surface area contributed by atoms with Gasteiger partial charge in [-0.25, -0.2) is 0 Å². The molecule has 170 valence electrons. The second kappa shape index (κ2) is 10.3. The number of fused-ring (bicyclic) bond motifs is 2. The van der Waals surface area contributed by atoms with E-state index < -0.39 is 17.7 Å². The normalized spacial score (nSPS) is 12.1. The lowest BCUT2D eigenvalue weighted by Crippen LogP contribution is -2.31. The fourth-order valence-corrected chi connectivity index (χ4v) is 3.78. The Bertz CT molecular complexity index is 1330. The Hall–Kier alpha value is -3.68. The van der Waals surface area contributed by atoms with Crippen LogP contribution in [0.2, 0.25) is 0 Å². The van der Waals surface area contributed by atoms with E-state index in [0.29, 0.717) is 36.2 Å². The number of hydrogen-bond donors (Lipinski definition) is 4. The van der Waals surface area contributed by atoms with Gasteiger partial charge in [0.1, 0.15) is 11.8 Å². The molecular formula is C26H27N3O4. The third kappa shape index (κ3) is 5.39. The molecule has 0 aliphatic carbocycles. The molecule has 4 N–H and O–H groups in total. The standard InChI is InChI=1S/C26H27N3O4/c1-2-33-16-24(30)28-22-8-5-9-23-20(22)15-21(26(32)29-23)25(31)27-13-12-17-10-11-18-6-3-4-7-19(18)14-17/h3-11,14-15,24,28,30H,2,12-13,16H2,1H3,(H,27,31)(H,29,32). The Balaban J connectivity index is 1.48. The van der Waals surface area contributed by atoms with Crippen molar-refractivity contribution in [2.45, 2.75) is 19.6 Å². The van der Waals surface area contributed by atoms with Crippen molar-refractivity contribution in [2.75, 3.05) is 25.1 Å². The molecule has 3 aromatic carbocycles. The summed E-state index contributed by atoms with van der Waals surface area (Å²) in [5, 5.41) is 18.9. The van der Waals surface area contributed by atoms with Gasteiger partial charge >= 0.3 is 0 Å². The summed E-state index contributed by atoms with van der Waals surface area (Å²) >= 11 is 0. The molecule has 0 saturated carbocycles. The minimum atomic E-state index is -0.915. The van der Waals surface area contributed by atoms with Crippen LogP contribution in [0.4, 0.5) is 5.69 Å². The number of rotatable bonds is 9. The van der Waals surface area contributed by atoms with Crippen LogP contribution in [0.3, 0.4) is 0 Å². The third-order valence-corrected chi connectivity index (χ3v) is 5.45. The molecule has 4 aromatic rings. The zero-order valence-electron chi connectivity index (χ0n) is 18.4. The van der Waals surface area contributed by atoms with Crippen molar-refractivity contribution in [2.24, 2.45) is 0 Å². The van der Waals surface area contributed by atoms with Crippen LogP contribution >= 0.6 is 0 Å². The van der Waals surface area contributed by atoms with Gasteiger partial charge in [-0.15, -0.1) is 0 Å². The van der Waals surface area contributed by atoms with Crippen molar-refractivity contribution in [3.63, 3.8) is 0 Å². The number of aromatic amines is 1. The Labute approximate surface area is 191 Å². The lowest BCUT2D eigenvalue weighted by molar-refractivity contribution is 0.0574. The van der Waals surface area contributed by atoms with Gasteiger partial charge in [-0.05, 0) is 47.9 Å². The number of carbonyl (C=O) groups is 1. The number of H-pyrrole nitrogens is 1. The molecule has 0 radical (unpaired) electrons. The molecule has 0 spiro atoms. The molecule has 1 atom stereocenters. The summed E-state index contributed by atoms with van der Waals surface area (Å²) in [5.74, 6) is -0.441. The highest BCUT2D eigenvalue weighted by Gasteiger charge is 2.14. The van der Waals surface area contributed by atoms with Gasteiger partial charge in [-0.1, -0.05) is 48.5 Å². The largest absolute Gasteiger partial charge is 0.377 e. The average Bonchev–Trinajstić information content (AvgIpc) is 2.82. The van der Waals surface area contributed by atoms with Crippen LogP contribution in [-0.4, -0.2) is 42.0 Å². The van der Waals surface area contributed by atoms with Crippen LogP contribution in [0.15, 0.2) is 71.5 Å². The SMILES string of the molecule is CCOCC(O)Nc1cccc2[nH]c(=O)c(C(=O)NCCc3ccc4ccccc4c3)cc12. The highest BCUT2D eigenvalue weighted by atomic mass is 16.5. The van der Waals surface area contributed by atoms with Crippen LogP contribution < -0.4 is 16.2 Å². The van der Waals surface area contributed by atoms with Crippen molar-refractivity contribution in [3.8, 4) is 0 Å². The molecule has 33 heavy (non-hydrogen) atoms. The average molecular weight is 446 g/mol. The number of ether oxygens (including phenoxy) is 1. The van der Waals surface area contributed by atoms with Gasteiger partial charge in [0.25, 0.3) is 11.5 Å². The van der Waals surface area contributed by atoms with E-state index in [2.05, 4.69) is 39.9 Å². The monoisotopic (exact) mass is 445 g/mol. The molecule has 0 saturated heterocycles. The van der Waals surface area contributed by atoms with E-state index in [9.17, 15) is 14.7 Å². The topological polar surface area (TPSA) is 103 Å². The van der Waals surface area contributed by atoms with E-state index >= 15 is 0 Å². The first-order valence-electron chi connectivity index (χ1n) is 11.0. The molecule has 0 fully saturated rings. The number of hydrogen-bond acceptors (Lipinski definition) is 5. The van der Waals surface area contributed by atoms with E-state index in [-0.39, 0.29) is 12.2 Å². The minimum Gasteiger partial charge on any atom is -0.377 e. The number of nitrogens with one attached hydrogen (secondary N) is 3. The summed E-state index contributed by atoms with van der Waals surface area (Å²) in [5.41, 5.74) is 1.84. The lowest BCUT2D eigenvalue weighted by Gasteiger charge is -2.16. The number of anilines is 1. The molecule has 0 bridgehead atoms. The Kier molecular flexibility index (Phi) is 7.02. The predicted octanol–water partition coefficient (Wildman–Crippen LogP) is 3.42. The maximum Gasteiger partial charge on any atom is 0.261 e. The summed E-state index contributed by atoms with van der Waals surface area (Å²) in [4.78, 5) is 28.0. The predicted molar refractivity (Wildman–Crippen MR) is 131 cm³/mol. The van der Waals surface area contributed by atoms with Gasteiger partial charge in [0.05, 0.1) is 12.1 Å². The zero-order chi connectivity index (χ0) is 23.2. The quantitative estimate of drug-likeness (QED) is 0.296. The van der Waals surface area contributed by atoms with Gasteiger partial charge in [-0.3, -0.25) is 9.59 Å². The van der Waals surface area contributed by atoms with Crippen molar-refractivity contribution in [3.05, 3.63) is 88.2 Å². The molecule has 0 aliphatic rings. The third-order valence-electron chi connectivity index (χ3n) is 5.45. The second-order valence-electron chi connectivity index (χ2n) is 7.79. The first-order valence-corrected chi connectivity index (χ1v) is 11.0. The van der Waals surface area contributed by atoms with Crippen LogP contribution in [-0.2, 0) is 11.2 Å². The molecule has 1 heterocycles. The molecular weight excluding hydrogens is 418 g/mol. The Morgan fingerprint density at radius 1 is 1.06 bits per heavy atom. The maximum atomic E-state index is 12.8. The van der Waals surface area contributed by atoms with Crippen LogP contribution in [0, 0.1) is 0 Å². The zero-order valence-corrected chi connectivity index (χ0v) is 18.4. The Morgan fingerprint density at radius 3 is 2.70 bits per heavy atom. The molecule has 1 aromatic heterocycles. The number of carbonyl (C=O) groups excluding carboxylic acids is 1. The van der Waals surface area contributed by atoms with Gasteiger partial charge in [0.15, 0.2) is 0 Å². The number of aliphatic hydroxyl groups excluding tert-OH is 1. The van der Waals surface area contributed by atoms with Gasteiger partial charge in [-0.2, -0.15) is 0 Å². The number of aliphatic hydroxyl groups is 1. The fourth-order valence-electron chi connectivity index (χ4n) is 3.78. The first-order chi connectivity index (χ1) is 16.0. The summed E-state index contributed by atoms with van der Waals surface area (Å²) in [6, 6.07) is 21.2. The van der Waals surface area contributed by atoms with Crippen LogP contribution in [0.5, 0.6) is 0 Å². The minimum absolute atomic E-state index is 0.0227. The highest BCUT2D eigenvalue weighted by molar-refractivity contribution is 6.00. The van der Waals surface area contributed by atoms with E-state index in [1.807, 2.05) is 25.1 Å². The second-order valence-corrected chi connectivity index (χ2v) is 7.79. The molecule has 4 rings (SSSR count). The molecule has 7 nitrogen and oxygen atoms in total. The van der Waals surface area contributed by atoms with E-state index in [4.69, 9.17) is 4.74 Å². The van der Waals surface area contributed by atoms with Gasteiger partial charge < -0.3 is 25.5 Å². The summed E-state index contributed by atoms with van der Waals surface area (Å²) in [6.45, 7) is 2.87. The van der Waals surface area contributed by atoms with Gasteiger partial charge in [0, 0.05) is 24.2 Å².